The average Bonchev–Trinajstić information content (AvgIpc) is 2.65. The Morgan fingerprint density at radius 1 is 1.23 bits per heavy atom. The van der Waals surface area contributed by atoms with Crippen molar-refractivity contribution in [2.75, 3.05) is 31.6 Å². The largest absolute Gasteiger partial charge is 0.378 e. The summed E-state index contributed by atoms with van der Waals surface area (Å²) in [6.45, 7) is 3.92. The lowest BCUT2D eigenvalue weighted by Crippen LogP contribution is -2.41. The molecule has 0 spiro atoms. The Bertz CT molecular complexity index is 900. The van der Waals surface area contributed by atoms with E-state index in [9.17, 15) is 14.4 Å². The van der Waals surface area contributed by atoms with Crippen LogP contribution in [0.3, 0.4) is 0 Å². The van der Waals surface area contributed by atoms with E-state index in [1.807, 2.05) is 0 Å². The molecule has 8 heteroatoms. The fourth-order valence-corrected chi connectivity index (χ4v) is 2.71. The van der Waals surface area contributed by atoms with Gasteiger partial charge in [0.2, 0.25) is 0 Å². The monoisotopic (exact) mass is 356 g/mol. The van der Waals surface area contributed by atoms with Crippen LogP contribution in [0.4, 0.5) is 5.69 Å². The Morgan fingerprint density at radius 3 is 2.65 bits per heavy atom. The summed E-state index contributed by atoms with van der Waals surface area (Å²) in [6.07, 6.45) is 1.29. The van der Waals surface area contributed by atoms with Gasteiger partial charge in [-0.25, -0.2) is 4.98 Å². The van der Waals surface area contributed by atoms with E-state index in [2.05, 4.69) is 10.3 Å². The highest BCUT2D eigenvalue weighted by atomic mass is 16.5. The number of hydrogen-bond acceptors (Lipinski definition) is 5. The minimum Gasteiger partial charge on any atom is -0.378 e. The van der Waals surface area contributed by atoms with Gasteiger partial charge >= 0.3 is 0 Å². The minimum absolute atomic E-state index is 0.0254. The highest BCUT2D eigenvalue weighted by Crippen LogP contribution is 2.21. The standard InChI is InChI=1S/C18H20N4O4/c1-12-13(18(25)22-6-8-26-9-7-22)4-3-5-14(12)20-17(24)15-10-16(23)21(2)11-19-15/h3-5,10-11H,6-9H2,1-2H3,(H,20,24). The van der Waals surface area contributed by atoms with Crippen molar-refractivity contribution in [3.63, 3.8) is 0 Å². The van der Waals surface area contributed by atoms with E-state index in [-0.39, 0.29) is 17.2 Å². The van der Waals surface area contributed by atoms with Gasteiger partial charge in [0.25, 0.3) is 17.4 Å². The number of aromatic nitrogens is 2. The summed E-state index contributed by atoms with van der Waals surface area (Å²) >= 11 is 0. The molecular weight excluding hydrogens is 336 g/mol. The summed E-state index contributed by atoms with van der Waals surface area (Å²) in [4.78, 5) is 42.4. The van der Waals surface area contributed by atoms with Gasteiger partial charge in [-0.05, 0) is 24.6 Å². The first-order chi connectivity index (χ1) is 12.5. The summed E-state index contributed by atoms with van der Waals surface area (Å²) in [6, 6.07) is 6.34. The number of benzene rings is 1. The summed E-state index contributed by atoms with van der Waals surface area (Å²) in [7, 11) is 1.56. The molecule has 0 atom stereocenters. The number of morpholine rings is 1. The van der Waals surface area contributed by atoms with Gasteiger partial charge in [0, 0.05) is 37.5 Å². The minimum atomic E-state index is -0.498. The molecule has 1 aromatic carbocycles. The van der Waals surface area contributed by atoms with E-state index in [4.69, 9.17) is 4.74 Å². The van der Waals surface area contributed by atoms with Crippen LogP contribution < -0.4 is 10.9 Å². The van der Waals surface area contributed by atoms with Crippen LogP contribution in [0.1, 0.15) is 26.4 Å². The van der Waals surface area contributed by atoms with Crippen LogP contribution in [-0.2, 0) is 11.8 Å². The number of ether oxygens (including phenoxy) is 1. The maximum absolute atomic E-state index is 12.7. The molecule has 26 heavy (non-hydrogen) atoms. The van der Waals surface area contributed by atoms with Crippen molar-refractivity contribution in [1.82, 2.24) is 14.5 Å². The molecule has 0 bridgehead atoms. The van der Waals surface area contributed by atoms with Gasteiger partial charge in [0.1, 0.15) is 5.69 Å². The summed E-state index contributed by atoms with van der Waals surface area (Å²) in [5, 5.41) is 2.73. The normalized spacial score (nSPS) is 14.2. The molecule has 1 saturated heterocycles. The van der Waals surface area contributed by atoms with Crippen molar-refractivity contribution in [1.29, 1.82) is 0 Å². The molecule has 0 radical (unpaired) electrons. The molecule has 2 heterocycles. The molecule has 1 aliphatic rings. The highest BCUT2D eigenvalue weighted by Gasteiger charge is 2.21. The molecule has 136 valence electrons. The number of nitrogens with one attached hydrogen (secondary N) is 1. The van der Waals surface area contributed by atoms with Gasteiger partial charge in [-0.1, -0.05) is 6.07 Å². The van der Waals surface area contributed by atoms with Crippen LogP contribution in [0.25, 0.3) is 0 Å². The van der Waals surface area contributed by atoms with E-state index in [0.29, 0.717) is 43.1 Å². The number of aryl methyl sites for hydroxylation is 1. The molecule has 0 saturated carbocycles. The molecule has 0 aliphatic carbocycles. The molecule has 1 aliphatic heterocycles. The van der Waals surface area contributed by atoms with Crippen LogP contribution in [0.15, 0.2) is 35.4 Å². The van der Waals surface area contributed by atoms with Crippen molar-refractivity contribution in [3.8, 4) is 0 Å². The van der Waals surface area contributed by atoms with Crippen LogP contribution in [0, 0.1) is 6.92 Å². The van der Waals surface area contributed by atoms with Crippen LogP contribution in [-0.4, -0.2) is 52.6 Å². The first-order valence-corrected chi connectivity index (χ1v) is 8.28. The second-order valence-corrected chi connectivity index (χ2v) is 6.06. The molecule has 2 aromatic rings. The van der Waals surface area contributed by atoms with Crippen molar-refractivity contribution in [3.05, 3.63) is 57.8 Å². The van der Waals surface area contributed by atoms with Gasteiger partial charge < -0.3 is 19.5 Å². The van der Waals surface area contributed by atoms with Crippen molar-refractivity contribution < 1.29 is 14.3 Å². The van der Waals surface area contributed by atoms with Gasteiger partial charge in [-0.2, -0.15) is 0 Å². The molecule has 2 amide bonds. The molecule has 1 N–H and O–H groups in total. The zero-order chi connectivity index (χ0) is 18.7. The molecule has 0 unspecified atom stereocenters. The Hall–Kier alpha value is -3.00. The topological polar surface area (TPSA) is 93.5 Å². The molecule has 1 aromatic heterocycles. The fraction of sp³-hybridized carbons (Fsp3) is 0.333. The predicted molar refractivity (Wildman–Crippen MR) is 95.3 cm³/mol. The van der Waals surface area contributed by atoms with E-state index in [1.165, 1.54) is 17.0 Å². The first kappa shape index (κ1) is 17.8. The van der Waals surface area contributed by atoms with Gasteiger partial charge in [-0.3, -0.25) is 14.4 Å². The van der Waals surface area contributed by atoms with E-state index in [1.54, 1.807) is 37.1 Å². The quantitative estimate of drug-likeness (QED) is 0.879. The number of carbonyl (C=O) groups excluding carboxylic acids is 2. The molecule has 8 nitrogen and oxygen atoms in total. The van der Waals surface area contributed by atoms with Crippen LogP contribution >= 0.6 is 0 Å². The van der Waals surface area contributed by atoms with Crippen molar-refractivity contribution >= 4 is 17.5 Å². The number of anilines is 1. The number of hydrogen-bond donors (Lipinski definition) is 1. The Kier molecular flexibility index (Phi) is 5.13. The number of amides is 2. The Labute approximate surface area is 150 Å². The zero-order valence-electron chi connectivity index (χ0n) is 14.7. The van der Waals surface area contributed by atoms with Gasteiger partial charge in [0.15, 0.2) is 0 Å². The second-order valence-electron chi connectivity index (χ2n) is 6.06. The maximum atomic E-state index is 12.7. The van der Waals surface area contributed by atoms with Crippen molar-refractivity contribution in [2.45, 2.75) is 6.92 Å². The third kappa shape index (κ3) is 3.65. The maximum Gasteiger partial charge on any atom is 0.274 e. The second kappa shape index (κ2) is 7.49. The highest BCUT2D eigenvalue weighted by molar-refractivity contribution is 6.04. The van der Waals surface area contributed by atoms with Crippen LogP contribution in [0.5, 0.6) is 0 Å². The lowest BCUT2D eigenvalue weighted by Gasteiger charge is -2.27. The van der Waals surface area contributed by atoms with Crippen LogP contribution in [0.2, 0.25) is 0 Å². The summed E-state index contributed by atoms with van der Waals surface area (Å²) in [5.74, 6) is -0.588. The third-order valence-electron chi connectivity index (χ3n) is 4.32. The molecule has 1 fully saturated rings. The number of rotatable bonds is 3. The predicted octanol–water partition coefficient (Wildman–Crippen LogP) is 0.813. The number of carbonyl (C=O) groups is 2. The lowest BCUT2D eigenvalue weighted by molar-refractivity contribution is 0.0302. The molecular formula is C18H20N4O4. The Balaban J connectivity index is 1.82. The number of nitrogens with zero attached hydrogens (tertiary/aromatic N) is 3. The molecule has 3 rings (SSSR count). The average molecular weight is 356 g/mol. The smallest absolute Gasteiger partial charge is 0.274 e. The van der Waals surface area contributed by atoms with E-state index in [0.717, 1.165) is 0 Å². The first-order valence-electron chi connectivity index (χ1n) is 8.28. The summed E-state index contributed by atoms with van der Waals surface area (Å²) < 4.78 is 6.56. The SMILES string of the molecule is Cc1c(NC(=O)c2cc(=O)n(C)cn2)cccc1C(=O)N1CCOCC1. The zero-order valence-corrected chi connectivity index (χ0v) is 14.7. The van der Waals surface area contributed by atoms with E-state index < -0.39 is 5.91 Å². The van der Waals surface area contributed by atoms with Gasteiger partial charge in [-0.15, -0.1) is 0 Å². The summed E-state index contributed by atoms with van der Waals surface area (Å²) in [5.41, 5.74) is 1.41. The fourth-order valence-electron chi connectivity index (χ4n) is 2.71. The van der Waals surface area contributed by atoms with Crippen molar-refractivity contribution in [2.24, 2.45) is 7.05 Å². The lowest BCUT2D eigenvalue weighted by atomic mass is 10.0. The van der Waals surface area contributed by atoms with E-state index >= 15 is 0 Å². The Morgan fingerprint density at radius 2 is 1.96 bits per heavy atom. The van der Waals surface area contributed by atoms with Gasteiger partial charge in [0.05, 0.1) is 19.5 Å². The third-order valence-corrected chi connectivity index (χ3v) is 4.32.